The third kappa shape index (κ3) is 2.92. The summed E-state index contributed by atoms with van der Waals surface area (Å²) < 4.78 is 0. The van der Waals surface area contributed by atoms with Gasteiger partial charge >= 0.3 is 6.03 Å². The molecule has 0 bridgehead atoms. The number of urea groups is 1. The minimum Gasteiger partial charge on any atom is -0.352 e. The number of likely N-dealkylation sites (tertiary alicyclic amines) is 1. The van der Waals surface area contributed by atoms with Gasteiger partial charge in [0.1, 0.15) is 0 Å². The van der Waals surface area contributed by atoms with Crippen LogP contribution in [0, 0.1) is 5.41 Å². The molecule has 0 radical (unpaired) electrons. The molecule has 3 amide bonds. The van der Waals surface area contributed by atoms with Crippen LogP contribution in [0.3, 0.4) is 0 Å². The second kappa shape index (κ2) is 6.39. The van der Waals surface area contributed by atoms with E-state index in [1.165, 1.54) is 4.88 Å². The highest BCUT2D eigenvalue weighted by Gasteiger charge is 2.67. The number of amides is 3. The van der Waals surface area contributed by atoms with Crippen molar-refractivity contribution in [1.29, 1.82) is 0 Å². The second-order valence-corrected chi connectivity index (χ2v) is 8.46. The van der Waals surface area contributed by atoms with Crippen molar-refractivity contribution in [3.63, 3.8) is 0 Å². The highest BCUT2D eigenvalue weighted by Crippen LogP contribution is 2.65. The van der Waals surface area contributed by atoms with Crippen molar-refractivity contribution in [2.75, 3.05) is 19.6 Å². The zero-order chi connectivity index (χ0) is 17.4. The molecule has 1 aliphatic heterocycles. The van der Waals surface area contributed by atoms with E-state index in [4.69, 9.17) is 0 Å². The Morgan fingerprint density at radius 3 is 2.50 bits per heavy atom. The van der Waals surface area contributed by atoms with Crippen LogP contribution in [0.1, 0.15) is 44.9 Å². The lowest BCUT2D eigenvalue weighted by molar-refractivity contribution is -0.125. The lowest BCUT2D eigenvalue weighted by atomic mass is 9.92. The second-order valence-electron chi connectivity index (χ2n) is 7.51. The maximum Gasteiger partial charge on any atom is 0.317 e. The van der Waals surface area contributed by atoms with Gasteiger partial charge in [-0.25, -0.2) is 4.79 Å². The van der Waals surface area contributed by atoms with Gasteiger partial charge in [0.05, 0.1) is 5.41 Å². The first-order valence-corrected chi connectivity index (χ1v) is 9.66. The Kier molecular flexibility index (Phi) is 4.60. The number of hydrogen-bond donors (Lipinski definition) is 2. The number of rotatable bonds is 4. The summed E-state index contributed by atoms with van der Waals surface area (Å²) >= 11 is 1.67. The van der Waals surface area contributed by atoms with Gasteiger partial charge in [-0.1, -0.05) is 19.9 Å². The number of carbonyl (C=O) groups excluding carboxylic acids is 2. The van der Waals surface area contributed by atoms with Crippen LogP contribution in [0.5, 0.6) is 0 Å². The van der Waals surface area contributed by atoms with E-state index in [0.29, 0.717) is 19.6 Å². The summed E-state index contributed by atoms with van der Waals surface area (Å²) in [4.78, 5) is 27.9. The molecule has 1 aliphatic carbocycles. The molecule has 0 aromatic carbocycles. The van der Waals surface area contributed by atoms with Gasteiger partial charge in [0.15, 0.2) is 0 Å². The quantitative estimate of drug-likeness (QED) is 0.878. The molecular weight excluding hydrogens is 322 g/mol. The molecule has 1 saturated heterocycles. The topological polar surface area (TPSA) is 61.4 Å². The molecule has 1 aromatic rings. The standard InChI is InChI=1S/C18H27N3O2S/c1-4-19-16(23)21-9-7-13(8-10-21)20-15(22)18(12-17(18,2)3)14-6-5-11-24-14/h5-6,11,13H,4,7-10,12H2,1-3H3,(H,19,23)(H,20,22)/t18-/m1/s1. The predicted octanol–water partition coefficient (Wildman–Crippen LogP) is 2.73. The summed E-state index contributed by atoms with van der Waals surface area (Å²) in [7, 11) is 0. The molecule has 2 fully saturated rings. The molecule has 2 heterocycles. The number of nitrogens with zero attached hydrogens (tertiary/aromatic N) is 1. The number of thiophene rings is 1. The van der Waals surface area contributed by atoms with Crippen molar-refractivity contribution in [3.05, 3.63) is 22.4 Å². The molecule has 132 valence electrons. The monoisotopic (exact) mass is 349 g/mol. The van der Waals surface area contributed by atoms with Gasteiger partial charge in [0.25, 0.3) is 0 Å². The Hall–Kier alpha value is -1.56. The Bertz CT molecular complexity index is 606. The smallest absolute Gasteiger partial charge is 0.317 e. The Morgan fingerprint density at radius 2 is 2.00 bits per heavy atom. The molecule has 2 aliphatic rings. The molecule has 1 atom stereocenters. The lowest BCUT2D eigenvalue weighted by Gasteiger charge is -2.33. The van der Waals surface area contributed by atoms with Crippen molar-refractivity contribution < 1.29 is 9.59 Å². The molecule has 0 unspecified atom stereocenters. The van der Waals surface area contributed by atoms with E-state index in [-0.39, 0.29) is 28.8 Å². The van der Waals surface area contributed by atoms with E-state index in [9.17, 15) is 9.59 Å². The molecule has 3 rings (SSSR count). The van der Waals surface area contributed by atoms with Gasteiger partial charge in [0.2, 0.25) is 5.91 Å². The van der Waals surface area contributed by atoms with Gasteiger partial charge in [0, 0.05) is 30.6 Å². The van der Waals surface area contributed by atoms with Crippen LogP contribution < -0.4 is 10.6 Å². The van der Waals surface area contributed by atoms with Crippen LogP contribution in [0.4, 0.5) is 4.79 Å². The first-order chi connectivity index (χ1) is 11.4. The summed E-state index contributed by atoms with van der Waals surface area (Å²) in [6.07, 6.45) is 2.55. The van der Waals surface area contributed by atoms with Crippen molar-refractivity contribution in [3.8, 4) is 0 Å². The van der Waals surface area contributed by atoms with Crippen molar-refractivity contribution in [2.24, 2.45) is 5.41 Å². The highest BCUT2D eigenvalue weighted by atomic mass is 32.1. The number of carbonyl (C=O) groups is 2. The van der Waals surface area contributed by atoms with Gasteiger partial charge in [-0.2, -0.15) is 0 Å². The third-order valence-corrected chi connectivity index (χ3v) is 6.54. The first kappa shape index (κ1) is 17.3. The maximum absolute atomic E-state index is 13.0. The molecule has 2 N–H and O–H groups in total. The summed E-state index contributed by atoms with van der Waals surface area (Å²) in [6.45, 7) is 8.31. The average molecular weight is 350 g/mol. The number of hydrogen-bond acceptors (Lipinski definition) is 3. The first-order valence-electron chi connectivity index (χ1n) is 8.78. The van der Waals surface area contributed by atoms with Gasteiger partial charge in [-0.15, -0.1) is 11.3 Å². The zero-order valence-corrected chi connectivity index (χ0v) is 15.5. The Balaban J connectivity index is 1.59. The Morgan fingerprint density at radius 1 is 1.33 bits per heavy atom. The SMILES string of the molecule is CCNC(=O)N1CCC(NC(=O)[C@]2(c3cccs3)CC2(C)C)CC1. The van der Waals surface area contributed by atoms with Crippen molar-refractivity contribution in [2.45, 2.75) is 51.5 Å². The van der Waals surface area contributed by atoms with E-state index in [2.05, 4.69) is 30.5 Å². The zero-order valence-electron chi connectivity index (χ0n) is 14.7. The van der Waals surface area contributed by atoms with Crippen LogP contribution in [-0.2, 0) is 10.2 Å². The molecular formula is C18H27N3O2S. The van der Waals surface area contributed by atoms with E-state index in [0.717, 1.165) is 19.3 Å². The lowest BCUT2D eigenvalue weighted by Crippen LogP contribution is -2.51. The third-order valence-electron chi connectivity index (χ3n) is 5.51. The van der Waals surface area contributed by atoms with Crippen LogP contribution in [-0.4, -0.2) is 42.5 Å². The van der Waals surface area contributed by atoms with Crippen LogP contribution >= 0.6 is 11.3 Å². The summed E-state index contributed by atoms with van der Waals surface area (Å²) in [5.41, 5.74) is -0.346. The van der Waals surface area contributed by atoms with E-state index in [1.54, 1.807) is 11.3 Å². The maximum atomic E-state index is 13.0. The van der Waals surface area contributed by atoms with E-state index in [1.807, 2.05) is 23.3 Å². The fraction of sp³-hybridized carbons (Fsp3) is 0.667. The van der Waals surface area contributed by atoms with E-state index < -0.39 is 0 Å². The summed E-state index contributed by atoms with van der Waals surface area (Å²) in [5, 5.41) is 8.15. The molecule has 0 spiro atoms. The fourth-order valence-corrected chi connectivity index (χ4v) is 4.96. The number of piperidine rings is 1. The van der Waals surface area contributed by atoms with Crippen LogP contribution in [0.2, 0.25) is 0 Å². The Labute approximate surface area is 147 Å². The normalized spacial score (nSPS) is 26.0. The molecule has 1 aromatic heterocycles. The molecule has 1 saturated carbocycles. The largest absolute Gasteiger partial charge is 0.352 e. The van der Waals surface area contributed by atoms with Gasteiger partial charge < -0.3 is 15.5 Å². The van der Waals surface area contributed by atoms with Gasteiger partial charge in [-0.05, 0) is 43.0 Å². The molecule has 5 nitrogen and oxygen atoms in total. The fourth-order valence-electron chi connectivity index (χ4n) is 3.86. The minimum atomic E-state index is -0.363. The molecule has 24 heavy (non-hydrogen) atoms. The van der Waals surface area contributed by atoms with Gasteiger partial charge in [-0.3, -0.25) is 4.79 Å². The minimum absolute atomic E-state index is 0.000610. The van der Waals surface area contributed by atoms with Crippen LogP contribution in [0.15, 0.2) is 17.5 Å². The van der Waals surface area contributed by atoms with E-state index >= 15 is 0 Å². The highest BCUT2D eigenvalue weighted by molar-refractivity contribution is 7.10. The average Bonchev–Trinajstić information content (AvgIpc) is 2.91. The number of nitrogens with one attached hydrogen (secondary N) is 2. The van der Waals surface area contributed by atoms with Crippen molar-refractivity contribution in [1.82, 2.24) is 15.5 Å². The summed E-state index contributed by atoms with van der Waals surface area (Å²) in [6, 6.07) is 4.27. The summed E-state index contributed by atoms with van der Waals surface area (Å²) in [5.74, 6) is 0.159. The molecule has 6 heteroatoms. The predicted molar refractivity (Wildman–Crippen MR) is 96.2 cm³/mol. The van der Waals surface area contributed by atoms with Crippen LogP contribution in [0.25, 0.3) is 0 Å². The van der Waals surface area contributed by atoms with Crippen molar-refractivity contribution >= 4 is 23.3 Å².